The van der Waals surface area contributed by atoms with Crippen LogP contribution in [0.2, 0.25) is 0 Å². The number of amides is 3. The Bertz CT molecular complexity index is 726. The number of hydrogen-bond donors (Lipinski definition) is 1. The van der Waals surface area contributed by atoms with Crippen molar-refractivity contribution in [2.75, 3.05) is 0 Å². The van der Waals surface area contributed by atoms with Crippen LogP contribution >= 0.6 is 27.3 Å². The monoisotopic (exact) mass is 369 g/mol. The molecule has 6 nitrogen and oxygen atoms in total. The first-order valence-corrected chi connectivity index (χ1v) is 7.83. The molecule has 8 heteroatoms. The third kappa shape index (κ3) is 2.38. The Morgan fingerprint density at radius 1 is 1.48 bits per heavy atom. The minimum absolute atomic E-state index is 0.101. The molecule has 3 heterocycles. The van der Waals surface area contributed by atoms with Gasteiger partial charge in [-0.05, 0) is 41.9 Å². The first-order valence-electron chi connectivity index (χ1n) is 6.22. The van der Waals surface area contributed by atoms with E-state index in [0.29, 0.717) is 11.5 Å². The van der Waals surface area contributed by atoms with Crippen LogP contribution in [0.3, 0.4) is 0 Å². The zero-order chi connectivity index (χ0) is 15.2. The van der Waals surface area contributed by atoms with Crippen molar-refractivity contribution >= 4 is 39.2 Å². The van der Waals surface area contributed by atoms with E-state index in [1.165, 1.54) is 11.3 Å². The standard InChI is InChI=1S/C13H12BrN3O3S/c1-7-5-8(16-20-7)6-17-11(18)13(2,15-12(17)19)9-3-4-10(14)21-9/h3-5H,6H2,1-2H3,(H,15,19). The molecule has 110 valence electrons. The maximum atomic E-state index is 12.6. The molecule has 1 aliphatic rings. The van der Waals surface area contributed by atoms with E-state index in [0.717, 1.165) is 13.6 Å². The van der Waals surface area contributed by atoms with Gasteiger partial charge in [-0.3, -0.25) is 9.69 Å². The van der Waals surface area contributed by atoms with E-state index in [1.807, 2.05) is 12.1 Å². The van der Waals surface area contributed by atoms with Gasteiger partial charge in [-0.25, -0.2) is 4.79 Å². The summed E-state index contributed by atoms with van der Waals surface area (Å²) in [4.78, 5) is 26.7. The number of rotatable bonds is 3. The molecule has 0 bridgehead atoms. The fourth-order valence-corrected chi connectivity index (χ4v) is 3.73. The highest BCUT2D eigenvalue weighted by molar-refractivity contribution is 9.11. The Kier molecular flexibility index (Phi) is 3.37. The molecular weight excluding hydrogens is 358 g/mol. The summed E-state index contributed by atoms with van der Waals surface area (Å²) in [5, 5.41) is 6.57. The minimum Gasteiger partial charge on any atom is -0.361 e. The fourth-order valence-electron chi connectivity index (χ4n) is 2.25. The number of imide groups is 1. The van der Waals surface area contributed by atoms with Crippen molar-refractivity contribution in [2.45, 2.75) is 25.9 Å². The first kappa shape index (κ1) is 14.3. The van der Waals surface area contributed by atoms with E-state index >= 15 is 0 Å². The maximum absolute atomic E-state index is 12.6. The number of nitrogens with zero attached hydrogens (tertiary/aromatic N) is 2. The van der Waals surface area contributed by atoms with Crippen molar-refractivity contribution < 1.29 is 14.1 Å². The Morgan fingerprint density at radius 2 is 2.24 bits per heavy atom. The molecule has 1 fully saturated rings. The molecule has 0 spiro atoms. The van der Waals surface area contributed by atoms with Crippen LogP contribution in [0, 0.1) is 6.92 Å². The van der Waals surface area contributed by atoms with Gasteiger partial charge in [-0.2, -0.15) is 0 Å². The zero-order valence-corrected chi connectivity index (χ0v) is 13.7. The second-order valence-electron chi connectivity index (χ2n) is 4.98. The topological polar surface area (TPSA) is 75.4 Å². The van der Waals surface area contributed by atoms with Crippen LogP contribution in [0.5, 0.6) is 0 Å². The second-order valence-corrected chi connectivity index (χ2v) is 7.44. The van der Waals surface area contributed by atoms with Crippen LogP contribution in [-0.4, -0.2) is 22.0 Å². The van der Waals surface area contributed by atoms with Crippen molar-refractivity contribution in [3.63, 3.8) is 0 Å². The van der Waals surface area contributed by atoms with Crippen molar-refractivity contribution in [2.24, 2.45) is 0 Å². The van der Waals surface area contributed by atoms with Gasteiger partial charge in [0.1, 0.15) is 11.5 Å². The number of thiophene rings is 1. The quantitative estimate of drug-likeness (QED) is 0.844. The Labute approximate surface area is 133 Å². The lowest BCUT2D eigenvalue weighted by Gasteiger charge is -2.19. The summed E-state index contributed by atoms with van der Waals surface area (Å²) in [6.45, 7) is 3.57. The summed E-state index contributed by atoms with van der Waals surface area (Å²) in [6.07, 6.45) is 0. The molecule has 1 atom stereocenters. The fraction of sp³-hybridized carbons (Fsp3) is 0.308. The van der Waals surface area contributed by atoms with E-state index < -0.39 is 11.6 Å². The minimum atomic E-state index is -1.04. The molecule has 1 unspecified atom stereocenters. The smallest absolute Gasteiger partial charge is 0.325 e. The first-order chi connectivity index (χ1) is 9.90. The lowest BCUT2D eigenvalue weighted by atomic mass is 10.0. The highest BCUT2D eigenvalue weighted by Crippen LogP contribution is 2.35. The number of aryl methyl sites for hydroxylation is 1. The van der Waals surface area contributed by atoms with Crippen molar-refractivity contribution in [1.29, 1.82) is 0 Å². The Balaban J connectivity index is 1.88. The maximum Gasteiger partial charge on any atom is 0.325 e. The number of nitrogens with one attached hydrogen (secondary N) is 1. The molecule has 2 aromatic rings. The van der Waals surface area contributed by atoms with Gasteiger partial charge in [0.15, 0.2) is 5.54 Å². The van der Waals surface area contributed by atoms with Crippen LogP contribution in [-0.2, 0) is 16.9 Å². The number of carbonyl (C=O) groups is 2. The van der Waals surface area contributed by atoms with Gasteiger partial charge >= 0.3 is 6.03 Å². The highest BCUT2D eigenvalue weighted by atomic mass is 79.9. The molecule has 0 saturated carbocycles. The normalized spacial score (nSPS) is 22.0. The van der Waals surface area contributed by atoms with E-state index in [-0.39, 0.29) is 12.5 Å². The van der Waals surface area contributed by atoms with Crippen LogP contribution in [0.15, 0.2) is 26.5 Å². The lowest BCUT2D eigenvalue weighted by molar-refractivity contribution is -0.131. The van der Waals surface area contributed by atoms with E-state index in [4.69, 9.17) is 4.52 Å². The van der Waals surface area contributed by atoms with Gasteiger partial charge in [0.05, 0.1) is 10.3 Å². The SMILES string of the molecule is Cc1cc(CN2C(=O)NC(C)(c3ccc(Br)s3)C2=O)no1. The van der Waals surface area contributed by atoms with E-state index in [1.54, 1.807) is 19.9 Å². The van der Waals surface area contributed by atoms with Crippen LogP contribution in [0.1, 0.15) is 23.3 Å². The summed E-state index contributed by atoms with van der Waals surface area (Å²) < 4.78 is 5.87. The van der Waals surface area contributed by atoms with Gasteiger partial charge in [-0.15, -0.1) is 11.3 Å². The van der Waals surface area contributed by atoms with Crippen LogP contribution < -0.4 is 5.32 Å². The molecule has 0 radical (unpaired) electrons. The largest absolute Gasteiger partial charge is 0.361 e. The zero-order valence-electron chi connectivity index (χ0n) is 11.3. The average molecular weight is 370 g/mol. The summed E-state index contributed by atoms with van der Waals surface area (Å²) in [5.74, 6) is 0.351. The Hall–Kier alpha value is -1.67. The molecule has 1 N–H and O–H groups in total. The number of halogens is 1. The van der Waals surface area contributed by atoms with Gasteiger partial charge in [-0.1, -0.05) is 5.16 Å². The van der Waals surface area contributed by atoms with Gasteiger partial charge < -0.3 is 9.84 Å². The molecule has 1 aliphatic heterocycles. The molecule has 3 rings (SSSR count). The number of hydrogen-bond acceptors (Lipinski definition) is 5. The molecule has 0 aliphatic carbocycles. The lowest BCUT2D eigenvalue weighted by Crippen LogP contribution is -2.40. The average Bonchev–Trinajstić information content (AvgIpc) is 3.08. The van der Waals surface area contributed by atoms with Crippen molar-refractivity contribution in [3.05, 3.63) is 38.3 Å². The highest BCUT2D eigenvalue weighted by Gasteiger charge is 2.49. The van der Waals surface area contributed by atoms with Gasteiger partial charge in [0, 0.05) is 10.9 Å². The number of aromatic nitrogens is 1. The van der Waals surface area contributed by atoms with Gasteiger partial charge in [0.25, 0.3) is 5.91 Å². The number of urea groups is 1. The summed E-state index contributed by atoms with van der Waals surface area (Å²) >= 11 is 4.79. The molecule has 2 aromatic heterocycles. The third-order valence-electron chi connectivity index (χ3n) is 3.34. The Morgan fingerprint density at radius 3 is 2.81 bits per heavy atom. The van der Waals surface area contributed by atoms with Crippen LogP contribution in [0.4, 0.5) is 4.79 Å². The van der Waals surface area contributed by atoms with Crippen LogP contribution in [0.25, 0.3) is 0 Å². The van der Waals surface area contributed by atoms with E-state index in [2.05, 4.69) is 26.4 Å². The molecular formula is C13H12BrN3O3S. The van der Waals surface area contributed by atoms with Crippen molar-refractivity contribution in [1.82, 2.24) is 15.4 Å². The summed E-state index contributed by atoms with van der Waals surface area (Å²) in [5.41, 5.74) is -0.486. The molecule has 21 heavy (non-hydrogen) atoms. The molecule has 0 aromatic carbocycles. The van der Waals surface area contributed by atoms with Gasteiger partial charge in [0.2, 0.25) is 0 Å². The molecule has 1 saturated heterocycles. The third-order valence-corrected chi connectivity index (χ3v) is 5.18. The predicted octanol–water partition coefficient (Wildman–Crippen LogP) is 2.77. The number of carbonyl (C=O) groups excluding carboxylic acids is 2. The van der Waals surface area contributed by atoms with E-state index in [9.17, 15) is 9.59 Å². The summed E-state index contributed by atoms with van der Waals surface area (Å²) in [7, 11) is 0. The van der Waals surface area contributed by atoms with Crippen molar-refractivity contribution in [3.8, 4) is 0 Å². The summed E-state index contributed by atoms with van der Waals surface area (Å²) in [6, 6.07) is 4.97. The predicted molar refractivity (Wildman–Crippen MR) is 79.7 cm³/mol. The second kappa shape index (κ2) is 4.96. The molecule has 3 amide bonds.